The van der Waals surface area contributed by atoms with Crippen molar-refractivity contribution in [2.45, 2.75) is 33.7 Å². The first-order chi connectivity index (χ1) is 9.41. The normalized spacial score (nSPS) is 11.9. The predicted octanol–water partition coefficient (Wildman–Crippen LogP) is 2.60. The number of nitrogens with zero attached hydrogens (tertiary/aromatic N) is 1. The van der Waals surface area contributed by atoms with E-state index in [2.05, 4.69) is 25.7 Å². The van der Waals surface area contributed by atoms with Gasteiger partial charge in [0.25, 0.3) is 0 Å². The molecule has 0 saturated heterocycles. The van der Waals surface area contributed by atoms with Gasteiger partial charge in [-0.05, 0) is 31.0 Å². The average molecular weight is 280 g/mol. The molecule has 114 valence electrons. The molecule has 0 saturated carbocycles. The molecule has 0 amide bonds. The highest BCUT2D eigenvalue weighted by atomic mass is 16.5. The fraction of sp³-hybridized carbons (Fsp3) is 0.625. The molecule has 0 unspecified atom stereocenters. The van der Waals surface area contributed by atoms with Crippen molar-refractivity contribution in [3.63, 3.8) is 0 Å². The van der Waals surface area contributed by atoms with E-state index in [0.29, 0.717) is 12.3 Å². The van der Waals surface area contributed by atoms with Gasteiger partial charge in [-0.3, -0.25) is 4.90 Å². The van der Waals surface area contributed by atoms with E-state index < -0.39 is 0 Å². The topological polar surface area (TPSA) is 58.7 Å². The number of methoxy groups -OCH3 is 1. The van der Waals surface area contributed by atoms with Crippen molar-refractivity contribution in [2.24, 2.45) is 11.1 Å². The molecule has 1 aromatic rings. The minimum absolute atomic E-state index is 0.0806. The van der Waals surface area contributed by atoms with Crippen LogP contribution in [-0.4, -0.2) is 36.8 Å². The van der Waals surface area contributed by atoms with E-state index >= 15 is 0 Å². The van der Waals surface area contributed by atoms with Gasteiger partial charge in [0.2, 0.25) is 0 Å². The number of hydrogen-bond acceptors (Lipinski definition) is 4. The Hall–Kier alpha value is -1.26. The molecular formula is C16H28N2O2. The summed E-state index contributed by atoms with van der Waals surface area (Å²) in [6.45, 7) is 9.80. The Morgan fingerprint density at radius 1 is 1.35 bits per heavy atom. The number of hydrogen-bond donors (Lipinski definition) is 2. The molecule has 0 fully saturated rings. The molecule has 4 nitrogen and oxygen atoms in total. The van der Waals surface area contributed by atoms with Crippen LogP contribution in [0.1, 0.15) is 32.8 Å². The summed E-state index contributed by atoms with van der Waals surface area (Å²) in [6.07, 6.45) is 1.08. The van der Waals surface area contributed by atoms with Crippen LogP contribution in [0.2, 0.25) is 0 Å². The molecular weight excluding hydrogens is 252 g/mol. The van der Waals surface area contributed by atoms with E-state index in [1.54, 1.807) is 13.2 Å². The van der Waals surface area contributed by atoms with Crippen molar-refractivity contribution >= 4 is 0 Å². The highest BCUT2D eigenvalue weighted by Crippen LogP contribution is 2.26. The number of ether oxygens (including phenoxy) is 1. The third kappa shape index (κ3) is 5.02. The maximum atomic E-state index is 10.1. The molecule has 20 heavy (non-hydrogen) atoms. The second-order valence-corrected chi connectivity index (χ2v) is 6.07. The fourth-order valence-electron chi connectivity index (χ4n) is 2.25. The molecule has 1 rings (SSSR count). The highest BCUT2D eigenvalue weighted by Gasteiger charge is 2.20. The first-order valence-electron chi connectivity index (χ1n) is 7.20. The van der Waals surface area contributed by atoms with Gasteiger partial charge in [0, 0.05) is 24.7 Å². The maximum absolute atomic E-state index is 10.1. The third-order valence-corrected chi connectivity index (χ3v) is 3.43. The Morgan fingerprint density at radius 2 is 2.05 bits per heavy atom. The van der Waals surface area contributed by atoms with E-state index in [4.69, 9.17) is 10.5 Å². The molecule has 0 aliphatic heterocycles. The molecule has 0 spiro atoms. The number of benzene rings is 1. The number of rotatable bonds is 8. The summed E-state index contributed by atoms with van der Waals surface area (Å²) in [7, 11) is 1.60. The van der Waals surface area contributed by atoms with Crippen LogP contribution in [0.5, 0.6) is 11.5 Å². The van der Waals surface area contributed by atoms with Crippen molar-refractivity contribution in [3.8, 4) is 11.5 Å². The summed E-state index contributed by atoms with van der Waals surface area (Å²) in [5.41, 5.74) is 6.82. The van der Waals surface area contributed by atoms with Gasteiger partial charge in [0.15, 0.2) is 0 Å². The van der Waals surface area contributed by atoms with Gasteiger partial charge in [-0.15, -0.1) is 0 Å². The lowest BCUT2D eigenvalue weighted by Crippen LogP contribution is -2.38. The highest BCUT2D eigenvalue weighted by molar-refractivity contribution is 5.39. The van der Waals surface area contributed by atoms with Crippen LogP contribution in [-0.2, 0) is 6.54 Å². The molecule has 0 aromatic heterocycles. The first-order valence-corrected chi connectivity index (χ1v) is 7.20. The van der Waals surface area contributed by atoms with Gasteiger partial charge in [-0.2, -0.15) is 0 Å². The van der Waals surface area contributed by atoms with Gasteiger partial charge in [-0.1, -0.05) is 26.8 Å². The van der Waals surface area contributed by atoms with Crippen LogP contribution in [0.25, 0.3) is 0 Å². The summed E-state index contributed by atoms with van der Waals surface area (Å²) in [4.78, 5) is 2.34. The minimum Gasteiger partial charge on any atom is -0.507 e. The molecule has 0 atom stereocenters. The van der Waals surface area contributed by atoms with Crippen LogP contribution in [0, 0.1) is 5.41 Å². The summed E-state index contributed by atoms with van der Waals surface area (Å²) in [6, 6.07) is 5.47. The molecule has 0 radical (unpaired) electrons. The smallest absolute Gasteiger partial charge is 0.123 e. The van der Waals surface area contributed by atoms with Crippen LogP contribution < -0.4 is 10.5 Å². The van der Waals surface area contributed by atoms with E-state index in [0.717, 1.165) is 31.6 Å². The molecule has 0 aliphatic carbocycles. The molecule has 0 bridgehead atoms. The first kappa shape index (κ1) is 16.8. The SMILES string of the molecule is CCCN(Cc1ccc(OC)cc1O)CC(C)(C)CN. The largest absolute Gasteiger partial charge is 0.507 e. The van der Waals surface area contributed by atoms with Crippen molar-refractivity contribution in [2.75, 3.05) is 26.7 Å². The minimum atomic E-state index is 0.0806. The van der Waals surface area contributed by atoms with Crippen molar-refractivity contribution in [1.82, 2.24) is 4.90 Å². The Balaban J connectivity index is 2.79. The zero-order valence-corrected chi connectivity index (χ0v) is 13.1. The summed E-state index contributed by atoms with van der Waals surface area (Å²) >= 11 is 0. The van der Waals surface area contributed by atoms with Gasteiger partial charge < -0.3 is 15.6 Å². The van der Waals surface area contributed by atoms with Crippen molar-refractivity contribution < 1.29 is 9.84 Å². The number of aromatic hydroxyl groups is 1. The van der Waals surface area contributed by atoms with Crippen LogP contribution in [0.15, 0.2) is 18.2 Å². The second kappa shape index (κ2) is 7.50. The third-order valence-electron chi connectivity index (χ3n) is 3.43. The van der Waals surface area contributed by atoms with Crippen LogP contribution in [0.3, 0.4) is 0 Å². The average Bonchev–Trinajstić information content (AvgIpc) is 2.41. The van der Waals surface area contributed by atoms with Crippen molar-refractivity contribution in [1.29, 1.82) is 0 Å². The standard InChI is InChI=1S/C16H28N2O2/c1-5-8-18(12-16(2,3)11-17)10-13-6-7-14(20-4)9-15(13)19/h6-7,9,19H,5,8,10-12,17H2,1-4H3. The Bertz CT molecular complexity index is 419. The lowest BCUT2D eigenvalue weighted by atomic mass is 9.93. The monoisotopic (exact) mass is 280 g/mol. The summed E-state index contributed by atoms with van der Waals surface area (Å²) < 4.78 is 5.11. The second-order valence-electron chi connectivity index (χ2n) is 6.07. The fourth-order valence-corrected chi connectivity index (χ4v) is 2.25. The van der Waals surface area contributed by atoms with Gasteiger partial charge in [-0.25, -0.2) is 0 Å². The molecule has 3 N–H and O–H groups in total. The number of phenols is 1. The van der Waals surface area contributed by atoms with Crippen molar-refractivity contribution in [3.05, 3.63) is 23.8 Å². The van der Waals surface area contributed by atoms with E-state index in [1.807, 2.05) is 12.1 Å². The number of nitrogens with two attached hydrogens (primary N) is 1. The quantitative estimate of drug-likeness (QED) is 0.768. The van der Waals surface area contributed by atoms with E-state index in [9.17, 15) is 5.11 Å². The Labute approximate surface area is 122 Å². The summed E-state index contributed by atoms with van der Waals surface area (Å²) in [5.74, 6) is 0.964. The maximum Gasteiger partial charge on any atom is 0.123 e. The van der Waals surface area contributed by atoms with Crippen LogP contribution in [0.4, 0.5) is 0 Å². The molecule has 0 aliphatic rings. The lowest BCUT2D eigenvalue weighted by Gasteiger charge is -2.31. The number of phenolic OH excluding ortho intramolecular Hbond substituents is 1. The van der Waals surface area contributed by atoms with Gasteiger partial charge in [0.1, 0.15) is 11.5 Å². The zero-order chi connectivity index (χ0) is 15.2. The van der Waals surface area contributed by atoms with Gasteiger partial charge >= 0.3 is 0 Å². The lowest BCUT2D eigenvalue weighted by molar-refractivity contribution is 0.174. The van der Waals surface area contributed by atoms with E-state index in [-0.39, 0.29) is 11.2 Å². The Kier molecular flexibility index (Phi) is 6.30. The molecule has 1 aromatic carbocycles. The zero-order valence-electron chi connectivity index (χ0n) is 13.1. The molecule has 0 heterocycles. The summed E-state index contributed by atoms with van der Waals surface area (Å²) in [5, 5.41) is 10.1. The van der Waals surface area contributed by atoms with E-state index in [1.165, 1.54) is 0 Å². The Morgan fingerprint density at radius 3 is 2.55 bits per heavy atom. The van der Waals surface area contributed by atoms with Gasteiger partial charge in [0.05, 0.1) is 7.11 Å². The molecule has 4 heteroatoms. The predicted molar refractivity (Wildman–Crippen MR) is 83.1 cm³/mol. The van der Waals surface area contributed by atoms with Crippen LogP contribution >= 0.6 is 0 Å².